The molecule has 36 heavy (non-hydrogen) atoms. The van der Waals surface area contributed by atoms with Crippen LogP contribution in [-0.4, -0.2) is 70.1 Å². The van der Waals surface area contributed by atoms with Gasteiger partial charge in [0.15, 0.2) is 0 Å². The first-order chi connectivity index (χ1) is 17.0. The van der Waals surface area contributed by atoms with Crippen molar-refractivity contribution < 1.29 is 18.0 Å². The van der Waals surface area contributed by atoms with Crippen LogP contribution >= 0.6 is 0 Å². The molecule has 0 bridgehead atoms. The number of hydrogen-bond donors (Lipinski definition) is 1. The zero-order valence-electron chi connectivity index (χ0n) is 20.9. The highest BCUT2D eigenvalue weighted by Gasteiger charge is 2.54. The molecule has 2 aliphatic heterocycles. The number of urea groups is 1. The maximum absolute atomic E-state index is 13.1. The van der Waals surface area contributed by atoms with Crippen LogP contribution in [0.25, 0.3) is 0 Å². The fourth-order valence-electron chi connectivity index (χ4n) is 6.14. The number of halogens is 3. The van der Waals surface area contributed by atoms with Crippen LogP contribution in [0.2, 0.25) is 0 Å². The molecule has 2 amide bonds. The average molecular weight is 503 g/mol. The summed E-state index contributed by atoms with van der Waals surface area (Å²) in [6.07, 6.45) is -0.845. The number of benzene rings is 1. The van der Waals surface area contributed by atoms with Crippen LogP contribution in [0.5, 0.6) is 0 Å². The predicted molar refractivity (Wildman–Crippen MR) is 130 cm³/mol. The van der Waals surface area contributed by atoms with Gasteiger partial charge < -0.3 is 15.1 Å². The fraction of sp³-hybridized carbons (Fsp3) is 0.577. The van der Waals surface area contributed by atoms with Gasteiger partial charge in [0, 0.05) is 62.7 Å². The zero-order valence-corrected chi connectivity index (χ0v) is 20.9. The Morgan fingerprint density at radius 3 is 2.19 bits per heavy atom. The number of anilines is 1. The lowest BCUT2D eigenvalue weighted by molar-refractivity contribution is -0.138. The van der Waals surface area contributed by atoms with Crippen molar-refractivity contribution in [3.05, 3.63) is 53.9 Å². The summed E-state index contributed by atoms with van der Waals surface area (Å²) in [7, 11) is 0. The van der Waals surface area contributed by atoms with Crippen molar-refractivity contribution in [3.63, 3.8) is 0 Å². The molecule has 1 aromatic heterocycles. The van der Waals surface area contributed by atoms with E-state index in [0.29, 0.717) is 24.5 Å². The minimum absolute atomic E-state index is 0.0725. The van der Waals surface area contributed by atoms with Crippen molar-refractivity contribution in [3.8, 4) is 0 Å². The highest BCUT2D eigenvalue weighted by Crippen LogP contribution is 2.50. The quantitative estimate of drug-likeness (QED) is 0.674. The molecule has 1 aliphatic carbocycles. The number of rotatable bonds is 4. The highest BCUT2D eigenvalue weighted by molar-refractivity contribution is 5.76. The summed E-state index contributed by atoms with van der Waals surface area (Å²) < 4.78 is 38.4. The van der Waals surface area contributed by atoms with Crippen LogP contribution < -0.4 is 10.2 Å². The summed E-state index contributed by atoms with van der Waals surface area (Å²) in [6.45, 7) is 9.20. The van der Waals surface area contributed by atoms with Crippen LogP contribution in [0, 0.1) is 5.41 Å². The van der Waals surface area contributed by atoms with E-state index in [4.69, 9.17) is 0 Å². The summed E-state index contributed by atoms with van der Waals surface area (Å²) in [5.41, 5.74) is 0.782. The Balaban J connectivity index is 1.10. The Kier molecular flexibility index (Phi) is 6.34. The number of amides is 2. The smallest absolute Gasteiger partial charge is 0.337 e. The maximum Gasteiger partial charge on any atom is 0.419 e. The molecule has 1 unspecified atom stereocenters. The van der Waals surface area contributed by atoms with Crippen molar-refractivity contribution in [1.82, 2.24) is 25.1 Å². The molecular weight excluding hydrogens is 469 g/mol. The third-order valence-electron chi connectivity index (χ3n) is 7.99. The molecule has 2 saturated heterocycles. The second kappa shape index (κ2) is 9.21. The number of piperazine rings is 1. The Bertz CT molecular complexity index is 1050. The third-order valence-corrected chi connectivity index (χ3v) is 7.99. The fourth-order valence-corrected chi connectivity index (χ4v) is 6.14. The van der Waals surface area contributed by atoms with Crippen molar-refractivity contribution in [2.75, 3.05) is 31.1 Å². The number of carbonyl (C=O) groups excluding carboxylic acids is 1. The number of alkyl halides is 3. The van der Waals surface area contributed by atoms with E-state index in [1.54, 1.807) is 0 Å². The molecule has 10 heteroatoms. The van der Waals surface area contributed by atoms with Gasteiger partial charge >= 0.3 is 12.2 Å². The van der Waals surface area contributed by atoms with Crippen molar-refractivity contribution >= 4 is 12.0 Å². The number of likely N-dealkylation sites (tertiary alicyclic amines) is 1. The molecule has 1 spiro atoms. The van der Waals surface area contributed by atoms with Gasteiger partial charge in [0.25, 0.3) is 0 Å². The van der Waals surface area contributed by atoms with Gasteiger partial charge in [0.1, 0.15) is 0 Å². The minimum atomic E-state index is -4.46. The van der Waals surface area contributed by atoms with Gasteiger partial charge in [-0.1, -0.05) is 30.3 Å². The number of carbonyl (C=O) groups is 1. The lowest BCUT2D eigenvalue weighted by Crippen LogP contribution is -2.68. The van der Waals surface area contributed by atoms with Gasteiger partial charge in [0.2, 0.25) is 5.95 Å². The molecule has 0 radical (unpaired) electrons. The van der Waals surface area contributed by atoms with Crippen LogP contribution in [-0.2, 0) is 6.18 Å². The maximum atomic E-state index is 13.1. The first kappa shape index (κ1) is 24.8. The van der Waals surface area contributed by atoms with E-state index in [2.05, 4.69) is 51.4 Å². The SMILES string of the molecule is CC(c1ccccc1)N1CC2(CC(NC(=O)N3[C@H](C)CN(c4ncc(C(F)(F)F)cn4)C[C@@H]3C)C2)C1. The molecule has 1 saturated carbocycles. The number of hydrogen-bond acceptors (Lipinski definition) is 5. The average Bonchev–Trinajstić information content (AvgIpc) is 2.79. The Morgan fingerprint density at radius 2 is 1.64 bits per heavy atom. The molecule has 3 heterocycles. The number of nitrogens with zero attached hydrogens (tertiary/aromatic N) is 5. The van der Waals surface area contributed by atoms with Crippen LogP contribution in [0.15, 0.2) is 42.7 Å². The zero-order chi connectivity index (χ0) is 25.7. The van der Waals surface area contributed by atoms with E-state index in [9.17, 15) is 18.0 Å². The van der Waals surface area contributed by atoms with E-state index >= 15 is 0 Å². The van der Waals surface area contributed by atoms with Crippen molar-refractivity contribution in [2.24, 2.45) is 5.41 Å². The molecule has 2 aromatic rings. The van der Waals surface area contributed by atoms with Gasteiger partial charge in [-0.2, -0.15) is 13.2 Å². The van der Waals surface area contributed by atoms with Crippen molar-refractivity contribution in [1.29, 1.82) is 0 Å². The molecule has 1 N–H and O–H groups in total. The molecule has 3 aliphatic rings. The summed E-state index contributed by atoms with van der Waals surface area (Å²) in [6, 6.07) is 10.8. The molecule has 5 rings (SSSR count). The van der Waals surface area contributed by atoms with E-state index in [1.165, 1.54) is 5.56 Å². The molecule has 3 fully saturated rings. The third kappa shape index (κ3) is 4.75. The normalized spacial score (nSPS) is 25.3. The van der Waals surface area contributed by atoms with E-state index in [1.807, 2.05) is 29.7 Å². The number of aromatic nitrogens is 2. The lowest BCUT2D eigenvalue weighted by Gasteiger charge is -2.61. The predicted octanol–water partition coefficient (Wildman–Crippen LogP) is 4.33. The van der Waals surface area contributed by atoms with Gasteiger partial charge in [-0.15, -0.1) is 0 Å². The lowest BCUT2D eigenvalue weighted by atomic mass is 9.60. The summed E-state index contributed by atoms with van der Waals surface area (Å²) in [4.78, 5) is 27.1. The van der Waals surface area contributed by atoms with Gasteiger partial charge in [-0.25, -0.2) is 14.8 Å². The Morgan fingerprint density at radius 1 is 1.06 bits per heavy atom. The molecule has 7 nitrogen and oxygen atoms in total. The van der Waals surface area contributed by atoms with Crippen LogP contribution in [0.1, 0.15) is 50.8 Å². The largest absolute Gasteiger partial charge is 0.419 e. The van der Waals surface area contributed by atoms with Gasteiger partial charge in [0.05, 0.1) is 5.56 Å². The van der Waals surface area contributed by atoms with Crippen LogP contribution in [0.3, 0.4) is 0 Å². The van der Waals surface area contributed by atoms with Crippen molar-refractivity contribution in [2.45, 2.75) is 64.0 Å². The minimum Gasteiger partial charge on any atom is -0.337 e. The van der Waals surface area contributed by atoms with E-state index in [-0.39, 0.29) is 30.1 Å². The molecule has 194 valence electrons. The second-order valence-electron chi connectivity index (χ2n) is 10.8. The summed E-state index contributed by atoms with van der Waals surface area (Å²) in [5.74, 6) is 0.252. The summed E-state index contributed by atoms with van der Waals surface area (Å²) >= 11 is 0. The topological polar surface area (TPSA) is 64.6 Å². The molecule has 3 atom stereocenters. The van der Waals surface area contributed by atoms with Crippen LogP contribution in [0.4, 0.5) is 23.9 Å². The van der Waals surface area contributed by atoms with E-state index in [0.717, 1.165) is 38.3 Å². The summed E-state index contributed by atoms with van der Waals surface area (Å²) in [5, 5.41) is 3.22. The molecular formula is C26H33F3N6O. The second-order valence-corrected chi connectivity index (χ2v) is 10.8. The first-order valence-electron chi connectivity index (χ1n) is 12.6. The first-order valence-corrected chi connectivity index (χ1v) is 12.6. The molecule has 1 aromatic carbocycles. The monoisotopic (exact) mass is 502 g/mol. The Labute approximate surface area is 209 Å². The van der Waals surface area contributed by atoms with Gasteiger partial charge in [-0.3, -0.25) is 4.90 Å². The van der Waals surface area contributed by atoms with Gasteiger partial charge in [-0.05, 0) is 44.6 Å². The highest BCUT2D eigenvalue weighted by atomic mass is 19.4. The standard InChI is InChI=1S/C26H33F3N6O/c1-17-13-33(23-30-11-21(12-31-23)26(27,28)29)14-18(2)35(17)24(36)32-22-9-25(10-22)15-34(16-25)19(3)20-7-5-4-6-8-20/h4-8,11-12,17-19,22H,9-10,13-16H2,1-3H3,(H,32,36)/t17-,18+,19?. The Hall–Kier alpha value is -2.88. The van der Waals surface area contributed by atoms with E-state index < -0.39 is 11.7 Å². The number of nitrogens with one attached hydrogen (secondary N) is 1.